The molecule has 0 spiro atoms. The van der Waals surface area contributed by atoms with E-state index in [-0.39, 0.29) is 0 Å². The monoisotopic (exact) mass is 578 g/mol. The molecule has 1 fully saturated rings. The second kappa shape index (κ2) is 14.1. The number of hydrogen-bond acceptors (Lipinski definition) is 10. The third-order valence-corrected chi connectivity index (χ3v) is 6.41. The lowest BCUT2D eigenvalue weighted by Gasteiger charge is -2.34. The van der Waals surface area contributed by atoms with E-state index in [1.165, 1.54) is 12.4 Å². The van der Waals surface area contributed by atoms with Crippen LogP contribution in [-0.4, -0.2) is 103 Å². The lowest BCUT2D eigenvalue weighted by atomic mass is 9.96. The first-order valence-electron chi connectivity index (χ1n) is 11.5. The Labute approximate surface area is 227 Å². The molecule has 2 aliphatic rings. The summed E-state index contributed by atoms with van der Waals surface area (Å²) in [5.41, 5.74) is -2.74. The van der Waals surface area contributed by atoms with E-state index in [1.54, 1.807) is 0 Å². The number of rotatable bonds is 11. The van der Waals surface area contributed by atoms with Crippen molar-refractivity contribution in [1.29, 1.82) is 0 Å². The number of aromatic nitrogens is 2. The fraction of sp³-hybridized carbons (Fsp3) is 0.500. The van der Waals surface area contributed by atoms with Crippen molar-refractivity contribution in [1.82, 2.24) is 25.1 Å². The number of nitrogens with one attached hydrogen (secondary N) is 1. The van der Waals surface area contributed by atoms with Crippen molar-refractivity contribution in [3.8, 4) is 0 Å². The first-order valence-corrected chi connectivity index (χ1v) is 12.2. The molecule has 1 aromatic heterocycles. The van der Waals surface area contributed by atoms with Gasteiger partial charge in [-0.15, -0.1) is 0 Å². The number of nitrogens with zero attached hydrogens (tertiary/aromatic N) is 5. The molecule has 0 aromatic carbocycles. The summed E-state index contributed by atoms with van der Waals surface area (Å²) in [5, 5.41) is 37.7. The van der Waals surface area contributed by atoms with Gasteiger partial charge in [-0.3, -0.25) is 14.5 Å². The number of anilines is 1. The molecule has 0 aliphatic carbocycles. The van der Waals surface area contributed by atoms with Crippen molar-refractivity contribution < 1.29 is 39.2 Å². The second-order valence-electron chi connectivity index (χ2n) is 8.54. The highest BCUT2D eigenvalue weighted by atomic mass is 35.5. The normalized spacial score (nSPS) is 16.2. The van der Waals surface area contributed by atoms with Crippen LogP contribution in [0.4, 0.5) is 10.3 Å². The number of carboxylic acid groups (broad SMARTS) is 3. The van der Waals surface area contributed by atoms with Gasteiger partial charge in [-0.05, 0) is 19.4 Å². The van der Waals surface area contributed by atoms with Crippen LogP contribution in [0.25, 0.3) is 0 Å². The first kappa shape index (κ1) is 31.0. The molecule has 1 aromatic rings. The molecular formula is C22H29Cl2FN6O7. The van der Waals surface area contributed by atoms with E-state index in [4.69, 9.17) is 43.6 Å². The number of aliphatic hydroxyl groups is 1. The molecule has 16 heteroatoms. The summed E-state index contributed by atoms with van der Waals surface area (Å²) in [6.45, 7) is 9.32. The summed E-state index contributed by atoms with van der Waals surface area (Å²) >= 11 is 12.1. The Hall–Kier alpha value is -3.20. The Morgan fingerprint density at radius 2 is 1.53 bits per heavy atom. The van der Waals surface area contributed by atoms with Gasteiger partial charge in [0, 0.05) is 32.7 Å². The van der Waals surface area contributed by atoms with Gasteiger partial charge in [0.25, 0.3) is 0 Å². The smallest absolute Gasteiger partial charge is 0.336 e. The molecule has 2 aliphatic heterocycles. The van der Waals surface area contributed by atoms with Gasteiger partial charge < -0.3 is 35.5 Å². The minimum Gasteiger partial charge on any atom is -0.481 e. The third-order valence-electron chi connectivity index (χ3n) is 5.65. The fourth-order valence-electron chi connectivity index (χ4n) is 3.68. The summed E-state index contributed by atoms with van der Waals surface area (Å²) in [6.07, 6.45) is 2.20. The zero-order valence-electron chi connectivity index (χ0n) is 20.3. The predicted octanol–water partition coefficient (Wildman–Crippen LogP) is 1.25. The standard InChI is InChI=1S/C16H21Cl2FN6.C6H8O7/c1-12-22-14(17)15(18)25(12)5-3-2-4-23-6-8-24(9-7-23)16-20-10-13(19)11-21-16;7-3(8)1-6(13,5(11)12)2-4(9)10/h10-11,22H,1-9H2;13H,1-2H2,(H,7,8)(H,9,10)(H,11,12). The zero-order chi connectivity index (χ0) is 28.5. The SMILES string of the molecule is C=C1NC(Cl)=C(Cl)N1CCCCN1CCN(c2ncc(F)cn2)CC1.O=C(O)CC(O)(CC(=O)O)C(=O)O. The van der Waals surface area contributed by atoms with E-state index >= 15 is 0 Å². The number of halogens is 3. The average molecular weight is 579 g/mol. The van der Waals surface area contributed by atoms with E-state index in [2.05, 4.69) is 31.7 Å². The van der Waals surface area contributed by atoms with Crippen molar-refractivity contribution in [3.63, 3.8) is 0 Å². The molecule has 13 nitrogen and oxygen atoms in total. The summed E-state index contributed by atoms with van der Waals surface area (Å²) in [6, 6.07) is 0. The minimum atomic E-state index is -2.74. The third kappa shape index (κ3) is 9.28. The van der Waals surface area contributed by atoms with Crippen LogP contribution < -0.4 is 10.2 Å². The van der Waals surface area contributed by atoms with Crippen LogP contribution in [0.1, 0.15) is 25.7 Å². The van der Waals surface area contributed by atoms with Gasteiger partial charge in [0.2, 0.25) is 5.95 Å². The summed E-state index contributed by atoms with van der Waals surface area (Å²) < 4.78 is 12.9. The lowest BCUT2D eigenvalue weighted by Crippen LogP contribution is -2.47. The van der Waals surface area contributed by atoms with Crippen LogP contribution in [-0.2, 0) is 14.4 Å². The molecule has 3 rings (SSSR count). The van der Waals surface area contributed by atoms with Crippen LogP contribution >= 0.6 is 23.2 Å². The van der Waals surface area contributed by atoms with Crippen LogP contribution in [0, 0.1) is 5.82 Å². The molecule has 0 unspecified atom stereocenters. The van der Waals surface area contributed by atoms with E-state index in [0.717, 1.165) is 57.9 Å². The molecule has 5 N–H and O–H groups in total. The predicted molar refractivity (Wildman–Crippen MR) is 135 cm³/mol. The van der Waals surface area contributed by atoms with Gasteiger partial charge in [-0.1, -0.05) is 29.8 Å². The number of carboxylic acids is 3. The zero-order valence-corrected chi connectivity index (χ0v) is 21.8. The van der Waals surface area contributed by atoms with Crippen molar-refractivity contribution in [2.24, 2.45) is 0 Å². The molecule has 0 bridgehead atoms. The fourth-order valence-corrected chi connectivity index (χ4v) is 4.12. The molecule has 38 heavy (non-hydrogen) atoms. The maximum Gasteiger partial charge on any atom is 0.336 e. The summed E-state index contributed by atoms with van der Waals surface area (Å²) in [7, 11) is 0. The van der Waals surface area contributed by atoms with Crippen molar-refractivity contribution >= 4 is 47.1 Å². The van der Waals surface area contributed by atoms with Gasteiger partial charge in [-0.2, -0.15) is 0 Å². The molecular weight excluding hydrogens is 550 g/mol. The van der Waals surface area contributed by atoms with E-state index < -0.39 is 42.2 Å². The number of aliphatic carboxylic acids is 3. The first-order chi connectivity index (χ1) is 17.8. The van der Waals surface area contributed by atoms with E-state index in [9.17, 15) is 18.8 Å². The quantitative estimate of drug-likeness (QED) is 0.187. The van der Waals surface area contributed by atoms with Gasteiger partial charge in [0.05, 0.1) is 25.2 Å². The number of carbonyl (C=O) groups is 3. The lowest BCUT2D eigenvalue weighted by molar-refractivity contribution is -0.170. The molecule has 210 valence electrons. The molecule has 3 heterocycles. The van der Waals surface area contributed by atoms with Crippen LogP contribution in [0.3, 0.4) is 0 Å². The Morgan fingerprint density at radius 1 is 1.00 bits per heavy atom. The van der Waals surface area contributed by atoms with Crippen molar-refractivity contribution in [2.45, 2.75) is 31.3 Å². The van der Waals surface area contributed by atoms with E-state index in [1.807, 2.05) is 4.90 Å². The summed E-state index contributed by atoms with van der Waals surface area (Å²) in [5.74, 6) is -4.11. The van der Waals surface area contributed by atoms with Crippen molar-refractivity contribution in [3.05, 3.63) is 40.9 Å². The largest absolute Gasteiger partial charge is 0.481 e. The van der Waals surface area contributed by atoms with Gasteiger partial charge in [0.15, 0.2) is 11.4 Å². The molecule has 1 saturated heterocycles. The summed E-state index contributed by atoms with van der Waals surface area (Å²) in [4.78, 5) is 45.0. The highest BCUT2D eigenvalue weighted by Crippen LogP contribution is 2.27. The maximum absolute atomic E-state index is 12.9. The van der Waals surface area contributed by atoms with Gasteiger partial charge >= 0.3 is 17.9 Å². The average Bonchev–Trinajstić information content (AvgIpc) is 3.07. The maximum atomic E-state index is 12.9. The Bertz CT molecular complexity index is 1040. The number of unbranched alkanes of at least 4 members (excludes halogenated alkanes) is 1. The van der Waals surface area contributed by atoms with Crippen LogP contribution in [0.2, 0.25) is 0 Å². The number of hydrogen-bond donors (Lipinski definition) is 5. The Morgan fingerprint density at radius 3 is 1.97 bits per heavy atom. The van der Waals surface area contributed by atoms with Crippen molar-refractivity contribution in [2.75, 3.05) is 44.2 Å². The molecule has 0 atom stereocenters. The molecule has 0 radical (unpaired) electrons. The minimum absolute atomic E-state index is 0.408. The van der Waals surface area contributed by atoms with Crippen LogP contribution in [0.5, 0.6) is 0 Å². The Balaban J connectivity index is 0.000000332. The van der Waals surface area contributed by atoms with Crippen LogP contribution in [0.15, 0.2) is 35.1 Å². The highest BCUT2D eigenvalue weighted by molar-refractivity contribution is 6.39. The Kier molecular flexibility index (Phi) is 11.5. The van der Waals surface area contributed by atoms with E-state index in [0.29, 0.717) is 16.3 Å². The van der Waals surface area contributed by atoms with Gasteiger partial charge in [0.1, 0.15) is 16.1 Å². The number of piperazine rings is 1. The molecule has 0 amide bonds. The topological polar surface area (TPSA) is 180 Å². The second-order valence-corrected chi connectivity index (χ2v) is 9.28. The van der Waals surface area contributed by atoms with Gasteiger partial charge in [-0.25, -0.2) is 19.2 Å². The highest BCUT2D eigenvalue weighted by Gasteiger charge is 2.40. The molecule has 0 saturated carbocycles.